The van der Waals surface area contributed by atoms with Gasteiger partial charge in [-0.3, -0.25) is 9.78 Å². The van der Waals surface area contributed by atoms with E-state index in [1.54, 1.807) is 47.2 Å². The summed E-state index contributed by atoms with van der Waals surface area (Å²) in [5, 5.41) is 15.5. The summed E-state index contributed by atoms with van der Waals surface area (Å²) in [6.45, 7) is 0.865. The highest BCUT2D eigenvalue weighted by atomic mass is 32.1. The summed E-state index contributed by atoms with van der Waals surface area (Å²) >= 11 is 1.49. The van der Waals surface area contributed by atoms with Gasteiger partial charge in [0.1, 0.15) is 16.3 Å². The molecule has 1 N–H and O–H groups in total. The number of carboxylic acid groups (broad SMARTS) is 1. The molecule has 0 unspecified atom stereocenters. The lowest BCUT2D eigenvalue weighted by atomic mass is 10.0. The summed E-state index contributed by atoms with van der Waals surface area (Å²) < 4.78 is 7.61. The van der Waals surface area contributed by atoms with Gasteiger partial charge in [0.2, 0.25) is 5.88 Å². The monoisotopic (exact) mass is 479 g/mol. The molecule has 1 saturated heterocycles. The Bertz CT molecular complexity index is 1330. The first-order valence-electron chi connectivity index (χ1n) is 10.6. The largest absolute Gasteiger partial charge is 0.465 e. The average molecular weight is 480 g/mol. The van der Waals surface area contributed by atoms with Gasteiger partial charge in [0.05, 0.1) is 18.0 Å². The Morgan fingerprint density at radius 2 is 2.06 bits per heavy atom. The standard InChI is InChI=1S/C22H21N7O4S/c1-27(22(31)32)14-4-7-28(8-5-14)20(30)17-11-18(33-15-3-2-6-23-12-15)26-19(25-17)16-13-24-29-9-10-34-21(16)29/h2-3,6,9-14H,4-5,7-8H2,1H3,(H,31,32). The van der Waals surface area contributed by atoms with Crippen molar-refractivity contribution in [2.45, 2.75) is 18.9 Å². The van der Waals surface area contributed by atoms with Crippen LogP contribution in [0.1, 0.15) is 23.3 Å². The Labute approximate surface area is 198 Å². The zero-order valence-corrected chi connectivity index (χ0v) is 19.1. The van der Waals surface area contributed by atoms with Crippen LogP contribution in [-0.2, 0) is 0 Å². The molecule has 0 aliphatic carbocycles. The summed E-state index contributed by atoms with van der Waals surface area (Å²) in [4.78, 5) is 41.6. The van der Waals surface area contributed by atoms with Gasteiger partial charge in [0.25, 0.3) is 5.91 Å². The van der Waals surface area contributed by atoms with Crippen molar-refractivity contribution in [3.05, 3.63) is 54.1 Å². The normalized spacial score (nSPS) is 14.3. The lowest BCUT2D eigenvalue weighted by Crippen LogP contribution is -2.47. The van der Waals surface area contributed by atoms with Crippen molar-refractivity contribution in [3.8, 4) is 23.0 Å². The second kappa shape index (κ2) is 9.06. The maximum absolute atomic E-state index is 13.4. The maximum atomic E-state index is 13.4. The van der Waals surface area contributed by atoms with Crippen LogP contribution in [0.2, 0.25) is 0 Å². The zero-order chi connectivity index (χ0) is 23.7. The number of nitrogens with zero attached hydrogens (tertiary/aromatic N) is 7. The summed E-state index contributed by atoms with van der Waals surface area (Å²) in [6.07, 6.45) is 6.85. The van der Waals surface area contributed by atoms with Crippen LogP contribution in [-0.4, -0.2) is 77.7 Å². The number of rotatable bonds is 5. The first-order chi connectivity index (χ1) is 16.5. The van der Waals surface area contributed by atoms with Crippen molar-refractivity contribution >= 4 is 28.2 Å². The molecule has 0 bridgehead atoms. The Balaban J connectivity index is 1.45. The van der Waals surface area contributed by atoms with Gasteiger partial charge in [-0.2, -0.15) is 10.1 Å². The van der Waals surface area contributed by atoms with Crippen LogP contribution >= 0.6 is 11.3 Å². The molecule has 4 aromatic heterocycles. The molecule has 174 valence electrons. The van der Waals surface area contributed by atoms with E-state index >= 15 is 0 Å². The van der Waals surface area contributed by atoms with E-state index in [1.807, 2.05) is 11.6 Å². The lowest BCUT2D eigenvalue weighted by molar-refractivity contribution is 0.0638. The van der Waals surface area contributed by atoms with Crippen molar-refractivity contribution in [2.75, 3.05) is 20.1 Å². The van der Waals surface area contributed by atoms with Gasteiger partial charge in [-0.15, -0.1) is 11.3 Å². The summed E-state index contributed by atoms with van der Waals surface area (Å²) in [7, 11) is 1.56. The van der Waals surface area contributed by atoms with Crippen molar-refractivity contribution in [2.24, 2.45) is 0 Å². The minimum Gasteiger partial charge on any atom is -0.465 e. The zero-order valence-electron chi connectivity index (χ0n) is 18.2. The molecule has 0 spiro atoms. The van der Waals surface area contributed by atoms with Crippen molar-refractivity contribution in [1.29, 1.82) is 0 Å². The number of thiazole rings is 1. The van der Waals surface area contributed by atoms with Crippen LogP contribution < -0.4 is 4.74 Å². The van der Waals surface area contributed by atoms with Gasteiger partial charge in [-0.1, -0.05) is 0 Å². The van der Waals surface area contributed by atoms with Crippen LogP contribution in [0.5, 0.6) is 11.6 Å². The Morgan fingerprint density at radius 3 is 2.79 bits per heavy atom. The number of pyridine rings is 1. The van der Waals surface area contributed by atoms with E-state index in [-0.39, 0.29) is 23.5 Å². The van der Waals surface area contributed by atoms with Crippen LogP contribution in [0.15, 0.2) is 48.4 Å². The highest BCUT2D eigenvalue weighted by Gasteiger charge is 2.29. The minimum atomic E-state index is -0.969. The number of fused-ring (bicyclic) bond motifs is 1. The predicted molar refractivity (Wildman–Crippen MR) is 123 cm³/mol. The number of carbonyl (C=O) groups is 2. The van der Waals surface area contributed by atoms with E-state index in [2.05, 4.69) is 20.1 Å². The average Bonchev–Trinajstić information content (AvgIpc) is 3.48. The van der Waals surface area contributed by atoms with E-state index in [0.717, 1.165) is 4.83 Å². The first kappa shape index (κ1) is 21.8. The summed E-state index contributed by atoms with van der Waals surface area (Å²) in [6, 6.07) is 4.89. The number of likely N-dealkylation sites (tertiary alicyclic amines) is 1. The van der Waals surface area contributed by atoms with Crippen LogP contribution in [0.25, 0.3) is 16.2 Å². The fourth-order valence-electron chi connectivity index (χ4n) is 3.89. The number of ether oxygens (including phenoxy) is 1. The van der Waals surface area contributed by atoms with Crippen molar-refractivity contribution < 1.29 is 19.4 Å². The van der Waals surface area contributed by atoms with Crippen LogP contribution in [0.3, 0.4) is 0 Å². The molecule has 2 amide bonds. The third kappa shape index (κ3) is 4.27. The topological polar surface area (TPSA) is 126 Å². The number of piperidine rings is 1. The summed E-state index contributed by atoms with van der Waals surface area (Å²) in [5.74, 6) is 0.783. The molecule has 5 heterocycles. The fraction of sp³-hybridized carbons (Fsp3) is 0.273. The van der Waals surface area contributed by atoms with Gasteiger partial charge >= 0.3 is 6.09 Å². The lowest BCUT2D eigenvalue weighted by Gasteiger charge is -2.35. The van der Waals surface area contributed by atoms with Gasteiger partial charge < -0.3 is 19.6 Å². The van der Waals surface area contributed by atoms with E-state index in [4.69, 9.17) is 4.74 Å². The highest BCUT2D eigenvalue weighted by molar-refractivity contribution is 7.16. The SMILES string of the molecule is CN(C(=O)O)C1CCN(C(=O)c2cc(Oc3cccnc3)nc(-c3cnn4ccsc34)n2)CC1. The molecule has 4 aromatic rings. The molecule has 1 aliphatic rings. The second-order valence-electron chi connectivity index (χ2n) is 7.83. The van der Waals surface area contributed by atoms with E-state index in [1.165, 1.54) is 22.3 Å². The second-order valence-corrected chi connectivity index (χ2v) is 8.73. The smallest absolute Gasteiger partial charge is 0.407 e. The predicted octanol–water partition coefficient (Wildman–Crippen LogP) is 3.25. The highest BCUT2D eigenvalue weighted by Crippen LogP contribution is 2.29. The van der Waals surface area contributed by atoms with Gasteiger partial charge in [-0.05, 0) is 25.0 Å². The molecular weight excluding hydrogens is 458 g/mol. The summed E-state index contributed by atoms with van der Waals surface area (Å²) in [5.41, 5.74) is 0.896. The molecule has 1 fully saturated rings. The van der Waals surface area contributed by atoms with E-state index in [0.29, 0.717) is 43.1 Å². The molecule has 0 saturated carbocycles. The third-order valence-electron chi connectivity index (χ3n) is 5.75. The van der Waals surface area contributed by atoms with Crippen LogP contribution in [0.4, 0.5) is 4.79 Å². The van der Waals surface area contributed by atoms with E-state index < -0.39 is 6.09 Å². The first-order valence-corrected chi connectivity index (χ1v) is 11.5. The molecule has 11 nitrogen and oxygen atoms in total. The number of aromatic nitrogens is 5. The Kier molecular flexibility index (Phi) is 5.80. The molecule has 5 rings (SSSR count). The molecule has 0 aromatic carbocycles. The number of hydrogen-bond acceptors (Lipinski definition) is 8. The van der Waals surface area contributed by atoms with Gasteiger partial charge in [-0.25, -0.2) is 14.3 Å². The van der Waals surface area contributed by atoms with E-state index in [9.17, 15) is 14.7 Å². The maximum Gasteiger partial charge on any atom is 0.407 e. The quantitative estimate of drug-likeness (QED) is 0.462. The number of amides is 2. The minimum absolute atomic E-state index is 0.119. The van der Waals surface area contributed by atoms with Crippen molar-refractivity contribution in [3.63, 3.8) is 0 Å². The van der Waals surface area contributed by atoms with Gasteiger partial charge in [0, 0.05) is 50.0 Å². The Morgan fingerprint density at radius 1 is 1.24 bits per heavy atom. The molecular formula is C22H21N7O4S. The van der Waals surface area contributed by atoms with Crippen molar-refractivity contribution in [1.82, 2.24) is 34.4 Å². The fourth-order valence-corrected chi connectivity index (χ4v) is 4.68. The molecule has 34 heavy (non-hydrogen) atoms. The molecule has 0 atom stereocenters. The van der Waals surface area contributed by atoms with Gasteiger partial charge in [0.15, 0.2) is 5.82 Å². The number of carbonyl (C=O) groups excluding carboxylic acids is 1. The molecule has 0 radical (unpaired) electrons. The molecule has 12 heteroatoms. The van der Waals surface area contributed by atoms with Crippen LogP contribution in [0, 0.1) is 0 Å². The number of hydrogen-bond donors (Lipinski definition) is 1. The third-order valence-corrected chi connectivity index (χ3v) is 6.64. The Hall–Kier alpha value is -4.06. The molecule has 1 aliphatic heterocycles.